The molecule has 62 valence electrons. The molecule has 1 aromatic rings. The molecule has 0 atom stereocenters. The van der Waals surface area contributed by atoms with E-state index in [0.717, 1.165) is 5.56 Å². The van der Waals surface area contributed by atoms with Gasteiger partial charge in [0.1, 0.15) is 5.15 Å². The second kappa shape index (κ2) is 6.44. The topological polar surface area (TPSA) is 12.9 Å². The van der Waals surface area contributed by atoms with Crippen LogP contribution in [0, 0.1) is 0 Å². The molecule has 0 amide bonds. The van der Waals surface area contributed by atoms with Crippen molar-refractivity contribution >= 4 is 23.2 Å². The zero-order valence-electron chi connectivity index (χ0n) is 6.64. The van der Waals surface area contributed by atoms with Gasteiger partial charge < -0.3 is 0 Å². The van der Waals surface area contributed by atoms with Crippen molar-refractivity contribution in [3.05, 3.63) is 29.0 Å². The Morgan fingerprint density at radius 1 is 1.36 bits per heavy atom. The summed E-state index contributed by atoms with van der Waals surface area (Å²) < 4.78 is 0. The van der Waals surface area contributed by atoms with Crippen LogP contribution in [0.3, 0.4) is 0 Å². The Labute approximate surface area is 77.4 Å². The van der Waals surface area contributed by atoms with Gasteiger partial charge in [-0.05, 0) is 11.6 Å². The lowest BCUT2D eigenvalue weighted by atomic mass is 10.3. The summed E-state index contributed by atoms with van der Waals surface area (Å²) in [6.45, 7) is 4.00. The van der Waals surface area contributed by atoms with Crippen molar-refractivity contribution in [1.29, 1.82) is 0 Å². The number of aromatic nitrogens is 1. The zero-order valence-corrected chi connectivity index (χ0v) is 8.15. The van der Waals surface area contributed by atoms with E-state index in [1.807, 2.05) is 19.9 Å². The van der Waals surface area contributed by atoms with Crippen molar-refractivity contribution in [3.8, 4) is 0 Å². The number of pyridine rings is 1. The molecule has 0 saturated carbocycles. The van der Waals surface area contributed by atoms with E-state index in [4.69, 9.17) is 23.2 Å². The summed E-state index contributed by atoms with van der Waals surface area (Å²) in [5.74, 6) is 0.490. The van der Waals surface area contributed by atoms with Crippen molar-refractivity contribution in [2.75, 3.05) is 0 Å². The molecule has 0 N–H and O–H groups in total. The van der Waals surface area contributed by atoms with E-state index < -0.39 is 0 Å². The summed E-state index contributed by atoms with van der Waals surface area (Å²) in [4.78, 5) is 3.83. The molecule has 1 nitrogen and oxygen atoms in total. The highest BCUT2D eigenvalue weighted by atomic mass is 35.5. The monoisotopic (exact) mass is 191 g/mol. The molecule has 0 saturated heterocycles. The summed E-state index contributed by atoms with van der Waals surface area (Å²) in [7, 11) is 0. The first-order chi connectivity index (χ1) is 5.33. The van der Waals surface area contributed by atoms with Crippen LogP contribution >= 0.6 is 23.2 Å². The molecule has 11 heavy (non-hydrogen) atoms. The quantitative estimate of drug-likeness (QED) is 0.490. The molecule has 1 heterocycles. The first-order valence-electron chi connectivity index (χ1n) is 3.49. The SMILES string of the molecule is CC.ClCc1ccc(Cl)nc1. The normalized spacial score (nSPS) is 8.36. The van der Waals surface area contributed by atoms with E-state index in [9.17, 15) is 0 Å². The molecule has 0 aliphatic rings. The van der Waals surface area contributed by atoms with Gasteiger partial charge in [-0.2, -0.15) is 0 Å². The fourth-order valence-corrected chi connectivity index (χ4v) is 0.755. The van der Waals surface area contributed by atoms with E-state index in [1.54, 1.807) is 12.3 Å². The summed E-state index contributed by atoms with van der Waals surface area (Å²) in [5.41, 5.74) is 0.987. The molecule has 0 radical (unpaired) electrons. The van der Waals surface area contributed by atoms with Crippen molar-refractivity contribution in [2.24, 2.45) is 0 Å². The summed E-state index contributed by atoms with van der Waals surface area (Å²) in [6.07, 6.45) is 1.66. The third kappa shape index (κ3) is 4.23. The lowest BCUT2D eigenvalue weighted by Gasteiger charge is -1.91. The lowest BCUT2D eigenvalue weighted by Crippen LogP contribution is -1.78. The molecular formula is C8H11Cl2N. The van der Waals surface area contributed by atoms with E-state index >= 15 is 0 Å². The fraction of sp³-hybridized carbons (Fsp3) is 0.375. The van der Waals surface area contributed by atoms with Gasteiger partial charge in [0.2, 0.25) is 0 Å². The Balaban J connectivity index is 0.000000461. The smallest absolute Gasteiger partial charge is 0.129 e. The van der Waals surface area contributed by atoms with Gasteiger partial charge in [0.25, 0.3) is 0 Å². The number of hydrogen-bond acceptors (Lipinski definition) is 1. The summed E-state index contributed by atoms with van der Waals surface area (Å²) in [6, 6.07) is 3.57. The molecule has 0 unspecified atom stereocenters. The van der Waals surface area contributed by atoms with E-state index in [1.165, 1.54) is 0 Å². The number of rotatable bonds is 1. The van der Waals surface area contributed by atoms with Gasteiger partial charge in [0, 0.05) is 12.1 Å². The van der Waals surface area contributed by atoms with Crippen molar-refractivity contribution in [1.82, 2.24) is 4.98 Å². The van der Waals surface area contributed by atoms with Gasteiger partial charge in [-0.15, -0.1) is 11.6 Å². The van der Waals surface area contributed by atoms with Gasteiger partial charge in [-0.1, -0.05) is 31.5 Å². The first-order valence-corrected chi connectivity index (χ1v) is 4.40. The third-order valence-electron chi connectivity index (χ3n) is 0.943. The molecule has 3 heteroatoms. The van der Waals surface area contributed by atoms with Crippen molar-refractivity contribution < 1.29 is 0 Å². The van der Waals surface area contributed by atoms with Crippen LogP contribution in [0.5, 0.6) is 0 Å². The first kappa shape index (κ1) is 10.7. The third-order valence-corrected chi connectivity index (χ3v) is 1.48. The highest BCUT2D eigenvalue weighted by molar-refractivity contribution is 6.29. The minimum absolute atomic E-state index is 0.490. The average Bonchev–Trinajstić information content (AvgIpc) is 2.10. The fourth-order valence-electron chi connectivity index (χ4n) is 0.485. The van der Waals surface area contributed by atoms with Gasteiger partial charge >= 0.3 is 0 Å². The second-order valence-corrected chi connectivity index (χ2v) is 2.28. The minimum atomic E-state index is 0.490. The Morgan fingerprint density at radius 2 is 2.00 bits per heavy atom. The maximum atomic E-state index is 5.51. The number of hydrogen-bond donors (Lipinski definition) is 0. The van der Waals surface area contributed by atoms with E-state index in [0.29, 0.717) is 11.0 Å². The van der Waals surface area contributed by atoms with Crippen LogP contribution in [0.25, 0.3) is 0 Å². The standard InChI is InChI=1S/C6H5Cl2N.C2H6/c7-3-5-1-2-6(8)9-4-5;1-2/h1-2,4H,3H2;1-2H3. The second-order valence-electron chi connectivity index (χ2n) is 1.62. The Morgan fingerprint density at radius 3 is 2.36 bits per heavy atom. The number of alkyl halides is 1. The molecule has 1 rings (SSSR count). The molecule has 0 spiro atoms. The van der Waals surface area contributed by atoms with Crippen LogP contribution in [0.15, 0.2) is 18.3 Å². The predicted molar refractivity (Wildman–Crippen MR) is 50.2 cm³/mol. The molecular weight excluding hydrogens is 181 g/mol. The highest BCUT2D eigenvalue weighted by Crippen LogP contribution is 2.06. The van der Waals surface area contributed by atoms with E-state index in [-0.39, 0.29) is 0 Å². The van der Waals surface area contributed by atoms with Gasteiger partial charge in [-0.3, -0.25) is 0 Å². The number of halogens is 2. The predicted octanol–water partition coefficient (Wildman–Crippen LogP) is 3.50. The van der Waals surface area contributed by atoms with Crippen LogP contribution in [0.2, 0.25) is 5.15 Å². The largest absolute Gasteiger partial charge is 0.244 e. The molecule has 1 aromatic heterocycles. The molecule has 0 bridgehead atoms. The van der Waals surface area contributed by atoms with Crippen LogP contribution in [0.1, 0.15) is 19.4 Å². The van der Waals surface area contributed by atoms with Crippen LogP contribution < -0.4 is 0 Å². The van der Waals surface area contributed by atoms with Crippen molar-refractivity contribution in [3.63, 3.8) is 0 Å². The molecule has 0 aromatic carbocycles. The number of nitrogens with zero attached hydrogens (tertiary/aromatic N) is 1. The Hall–Kier alpha value is -0.270. The molecule has 0 aliphatic carbocycles. The Bertz CT molecular complexity index is 184. The zero-order chi connectivity index (χ0) is 8.69. The van der Waals surface area contributed by atoms with Crippen LogP contribution in [0.4, 0.5) is 0 Å². The highest BCUT2D eigenvalue weighted by Gasteiger charge is 1.88. The lowest BCUT2D eigenvalue weighted by molar-refractivity contribution is 1.25. The molecule has 0 aliphatic heterocycles. The maximum Gasteiger partial charge on any atom is 0.129 e. The Kier molecular flexibility index (Phi) is 6.28. The molecule has 0 fully saturated rings. The maximum absolute atomic E-state index is 5.51. The van der Waals surface area contributed by atoms with Crippen molar-refractivity contribution in [2.45, 2.75) is 19.7 Å². The van der Waals surface area contributed by atoms with Crippen LogP contribution in [-0.4, -0.2) is 4.98 Å². The van der Waals surface area contributed by atoms with Gasteiger partial charge in [-0.25, -0.2) is 4.98 Å². The average molecular weight is 192 g/mol. The summed E-state index contributed by atoms with van der Waals surface area (Å²) >= 11 is 11.0. The summed E-state index contributed by atoms with van der Waals surface area (Å²) in [5, 5.41) is 0.504. The van der Waals surface area contributed by atoms with Gasteiger partial charge in [0.05, 0.1) is 0 Å². The van der Waals surface area contributed by atoms with Gasteiger partial charge in [0.15, 0.2) is 0 Å². The minimum Gasteiger partial charge on any atom is -0.244 e. The van der Waals surface area contributed by atoms with Crippen LogP contribution in [-0.2, 0) is 5.88 Å². The van der Waals surface area contributed by atoms with E-state index in [2.05, 4.69) is 4.98 Å².